The number of nitrogens with two attached hydrogens (primary N) is 1. The van der Waals surface area contributed by atoms with Gasteiger partial charge in [0.25, 0.3) is 0 Å². The first kappa shape index (κ1) is 13.8. The van der Waals surface area contributed by atoms with E-state index in [1.165, 1.54) is 0 Å². The summed E-state index contributed by atoms with van der Waals surface area (Å²) in [6.07, 6.45) is 2.15. The van der Waals surface area contributed by atoms with Gasteiger partial charge in [0.1, 0.15) is 0 Å². The number of hydrogen-bond acceptors (Lipinski definition) is 4. The number of hydrogen-bond donors (Lipinski definition) is 3. The molecule has 0 saturated carbocycles. The van der Waals surface area contributed by atoms with E-state index in [-0.39, 0.29) is 36.9 Å². The zero-order chi connectivity index (χ0) is 13.8. The van der Waals surface area contributed by atoms with E-state index in [1.807, 2.05) is 0 Å². The highest BCUT2D eigenvalue weighted by molar-refractivity contribution is 5.85. The van der Waals surface area contributed by atoms with Crippen LogP contribution >= 0.6 is 0 Å². The Morgan fingerprint density at radius 3 is 2.95 bits per heavy atom. The van der Waals surface area contributed by atoms with Crippen molar-refractivity contribution in [1.82, 2.24) is 15.5 Å². The number of rotatable bonds is 3. The number of amides is 3. The molecule has 2 unspecified atom stereocenters. The van der Waals surface area contributed by atoms with Crippen molar-refractivity contribution >= 4 is 17.7 Å². The largest absolute Gasteiger partial charge is 0.353 e. The number of fused-ring (bicyclic) bond motifs is 1. The van der Waals surface area contributed by atoms with Gasteiger partial charge in [0.2, 0.25) is 17.7 Å². The van der Waals surface area contributed by atoms with Crippen molar-refractivity contribution < 1.29 is 14.4 Å². The van der Waals surface area contributed by atoms with Crippen molar-refractivity contribution in [3.05, 3.63) is 0 Å². The Kier molecular flexibility index (Phi) is 4.36. The number of carbonyl (C=O) groups is 3. The van der Waals surface area contributed by atoms with Crippen molar-refractivity contribution in [2.45, 2.75) is 25.3 Å². The molecule has 0 aliphatic carbocycles. The van der Waals surface area contributed by atoms with Gasteiger partial charge >= 0.3 is 0 Å². The van der Waals surface area contributed by atoms with E-state index in [2.05, 4.69) is 10.6 Å². The van der Waals surface area contributed by atoms with Crippen molar-refractivity contribution in [1.29, 1.82) is 0 Å². The highest BCUT2D eigenvalue weighted by Gasteiger charge is 2.35. The molecule has 2 atom stereocenters. The summed E-state index contributed by atoms with van der Waals surface area (Å²) in [4.78, 5) is 36.0. The summed E-state index contributed by atoms with van der Waals surface area (Å²) in [6.45, 7) is 1.17. The second kappa shape index (κ2) is 6.01. The normalized spacial score (nSPS) is 26.4. The van der Waals surface area contributed by atoms with Crippen LogP contribution in [0.2, 0.25) is 0 Å². The van der Waals surface area contributed by atoms with Crippen LogP contribution in [0.5, 0.6) is 0 Å². The summed E-state index contributed by atoms with van der Waals surface area (Å²) >= 11 is 0. The maximum Gasteiger partial charge on any atom is 0.241 e. The van der Waals surface area contributed by atoms with Crippen LogP contribution in [0.4, 0.5) is 0 Å². The van der Waals surface area contributed by atoms with Gasteiger partial charge in [0, 0.05) is 25.6 Å². The van der Waals surface area contributed by atoms with Crippen molar-refractivity contribution in [3.63, 3.8) is 0 Å². The molecule has 0 aromatic rings. The monoisotopic (exact) mass is 268 g/mol. The summed E-state index contributed by atoms with van der Waals surface area (Å²) in [5, 5.41) is 5.46. The molecule has 2 heterocycles. The molecule has 106 valence electrons. The second-order valence-corrected chi connectivity index (χ2v) is 5.08. The van der Waals surface area contributed by atoms with E-state index in [4.69, 9.17) is 5.73 Å². The van der Waals surface area contributed by atoms with Crippen LogP contribution < -0.4 is 16.4 Å². The summed E-state index contributed by atoms with van der Waals surface area (Å²) in [6, 6.07) is 0.198. The molecule has 0 spiro atoms. The molecular weight excluding hydrogens is 248 g/mol. The SMILES string of the molecule is NCC(=O)NCC(=O)N1CCC2NC(=O)CCC2C1. The van der Waals surface area contributed by atoms with Gasteiger partial charge in [-0.1, -0.05) is 0 Å². The number of carbonyl (C=O) groups excluding carboxylic acids is 3. The Labute approximate surface area is 111 Å². The minimum atomic E-state index is -0.326. The lowest BCUT2D eigenvalue weighted by Crippen LogP contribution is -2.56. The second-order valence-electron chi connectivity index (χ2n) is 5.08. The first-order chi connectivity index (χ1) is 9.10. The first-order valence-electron chi connectivity index (χ1n) is 6.64. The highest BCUT2D eigenvalue weighted by atomic mass is 16.2. The minimum absolute atomic E-state index is 0.000219. The predicted molar refractivity (Wildman–Crippen MR) is 67.9 cm³/mol. The molecule has 0 radical (unpaired) electrons. The van der Waals surface area contributed by atoms with E-state index in [0.717, 1.165) is 12.8 Å². The Morgan fingerprint density at radius 2 is 2.21 bits per heavy atom. The van der Waals surface area contributed by atoms with Gasteiger partial charge < -0.3 is 21.3 Å². The molecule has 2 aliphatic rings. The summed E-state index contributed by atoms with van der Waals surface area (Å²) < 4.78 is 0. The van der Waals surface area contributed by atoms with Crippen molar-refractivity contribution in [2.24, 2.45) is 11.7 Å². The fourth-order valence-electron chi connectivity index (χ4n) is 2.69. The summed E-state index contributed by atoms with van der Waals surface area (Å²) in [7, 11) is 0. The van der Waals surface area contributed by atoms with Crippen LogP contribution in [0.15, 0.2) is 0 Å². The fourth-order valence-corrected chi connectivity index (χ4v) is 2.69. The molecule has 7 nitrogen and oxygen atoms in total. The Morgan fingerprint density at radius 1 is 1.42 bits per heavy atom. The Bertz CT molecular complexity index is 385. The smallest absolute Gasteiger partial charge is 0.241 e. The third-order valence-electron chi connectivity index (χ3n) is 3.80. The molecule has 2 saturated heterocycles. The van der Waals surface area contributed by atoms with Gasteiger partial charge in [-0.15, -0.1) is 0 Å². The van der Waals surface area contributed by atoms with Crippen molar-refractivity contribution in [2.75, 3.05) is 26.2 Å². The maximum absolute atomic E-state index is 11.9. The van der Waals surface area contributed by atoms with Gasteiger partial charge in [-0.05, 0) is 18.8 Å². The van der Waals surface area contributed by atoms with Gasteiger partial charge in [-0.25, -0.2) is 0 Å². The average molecular weight is 268 g/mol. The van der Waals surface area contributed by atoms with E-state index in [1.54, 1.807) is 4.90 Å². The van der Waals surface area contributed by atoms with Gasteiger partial charge in [-0.2, -0.15) is 0 Å². The maximum atomic E-state index is 11.9. The zero-order valence-corrected chi connectivity index (χ0v) is 10.9. The lowest BCUT2D eigenvalue weighted by molar-refractivity contribution is -0.135. The predicted octanol–water partition coefficient (Wildman–Crippen LogP) is -1.81. The zero-order valence-electron chi connectivity index (χ0n) is 10.9. The van der Waals surface area contributed by atoms with Crippen LogP contribution in [0, 0.1) is 5.92 Å². The molecule has 4 N–H and O–H groups in total. The van der Waals surface area contributed by atoms with Crippen LogP contribution in [0.1, 0.15) is 19.3 Å². The Balaban J connectivity index is 1.81. The molecule has 2 fully saturated rings. The molecular formula is C12H20N4O3. The number of nitrogens with zero attached hydrogens (tertiary/aromatic N) is 1. The molecule has 7 heteroatoms. The summed E-state index contributed by atoms with van der Waals surface area (Å²) in [5.41, 5.74) is 5.16. The number of likely N-dealkylation sites (tertiary alicyclic amines) is 1. The van der Waals surface area contributed by atoms with E-state index < -0.39 is 0 Å². The molecule has 0 aromatic heterocycles. The molecule has 3 amide bonds. The van der Waals surface area contributed by atoms with Crippen LogP contribution in [-0.2, 0) is 14.4 Å². The van der Waals surface area contributed by atoms with E-state index in [9.17, 15) is 14.4 Å². The number of piperidine rings is 2. The van der Waals surface area contributed by atoms with E-state index >= 15 is 0 Å². The molecule has 19 heavy (non-hydrogen) atoms. The Hall–Kier alpha value is -1.63. The standard InChI is InChI=1S/C12H20N4O3/c13-5-11(18)14-6-12(19)16-4-3-9-8(7-16)1-2-10(17)15-9/h8-9H,1-7,13H2,(H,14,18)(H,15,17). The average Bonchev–Trinajstić information content (AvgIpc) is 2.43. The lowest BCUT2D eigenvalue weighted by atomic mass is 9.85. The quantitative estimate of drug-likeness (QED) is 0.561. The van der Waals surface area contributed by atoms with Crippen LogP contribution in [-0.4, -0.2) is 54.8 Å². The fraction of sp³-hybridized carbons (Fsp3) is 0.750. The lowest BCUT2D eigenvalue weighted by Gasteiger charge is -2.41. The number of nitrogens with one attached hydrogen (secondary N) is 2. The van der Waals surface area contributed by atoms with E-state index in [0.29, 0.717) is 25.4 Å². The third kappa shape index (κ3) is 3.44. The third-order valence-corrected chi connectivity index (χ3v) is 3.80. The van der Waals surface area contributed by atoms with Gasteiger partial charge in [0.15, 0.2) is 0 Å². The first-order valence-corrected chi connectivity index (χ1v) is 6.64. The highest BCUT2D eigenvalue weighted by Crippen LogP contribution is 2.25. The van der Waals surface area contributed by atoms with Crippen molar-refractivity contribution in [3.8, 4) is 0 Å². The molecule has 0 aromatic carbocycles. The minimum Gasteiger partial charge on any atom is -0.353 e. The van der Waals surface area contributed by atoms with Gasteiger partial charge in [-0.3, -0.25) is 14.4 Å². The molecule has 2 rings (SSSR count). The molecule has 0 bridgehead atoms. The van der Waals surface area contributed by atoms with Crippen LogP contribution in [0.3, 0.4) is 0 Å². The van der Waals surface area contributed by atoms with Gasteiger partial charge in [0.05, 0.1) is 13.1 Å². The topological polar surface area (TPSA) is 105 Å². The molecule has 2 aliphatic heterocycles. The summed E-state index contributed by atoms with van der Waals surface area (Å²) in [5.74, 6) is 0.0298. The van der Waals surface area contributed by atoms with Crippen LogP contribution in [0.25, 0.3) is 0 Å².